The van der Waals surface area contributed by atoms with Gasteiger partial charge < -0.3 is 10.6 Å². The second kappa shape index (κ2) is 7.58. The summed E-state index contributed by atoms with van der Waals surface area (Å²) in [6.07, 6.45) is 5.63. The standard InChI is InChI=1S/C20H27N5O/c1-14-18(23-24-25(14)17-10-12-21-13-11-17)20(26)22-19(16-8-5-9-16)15-6-3-2-4-7-15/h2-4,6-7,16-17,19,21H,5,8-13H2,1H3,(H,22,26). The minimum Gasteiger partial charge on any atom is -0.343 e. The van der Waals surface area contributed by atoms with Crippen molar-refractivity contribution in [1.82, 2.24) is 25.6 Å². The molecule has 1 amide bonds. The Morgan fingerprint density at radius 3 is 2.58 bits per heavy atom. The Hall–Kier alpha value is -2.21. The maximum Gasteiger partial charge on any atom is 0.274 e. The van der Waals surface area contributed by atoms with Gasteiger partial charge in [0.1, 0.15) is 0 Å². The van der Waals surface area contributed by atoms with Gasteiger partial charge in [-0.15, -0.1) is 5.10 Å². The predicted molar refractivity (Wildman–Crippen MR) is 99.9 cm³/mol. The first-order chi connectivity index (χ1) is 12.7. The molecule has 2 aromatic rings. The van der Waals surface area contributed by atoms with E-state index in [1.165, 1.54) is 24.8 Å². The Bertz CT molecular complexity index is 747. The fraction of sp³-hybridized carbons (Fsp3) is 0.550. The third kappa shape index (κ3) is 3.38. The van der Waals surface area contributed by atoms with E-state index in [2.05, 4.69) is 33.1 Å². The molecule has 4 rings (SSSR count). The van der Waals surface area contributed by atoms with Gasteiger partial charge in [-0.2, -0.15) is 0 Å². The molecule has 2 fully saturated rings. The molecule has 26 heavy (non-hydrogen) atoms. The number of rotatable bonds is 5. The van der Waals surface area contributed by atoms with Crippen LogP contribution in [0.5, 0.6) is 0 Å². The number of hydrogen-bond acceptors (Lipinski definition) is 4. The number of nitrogens with zero attached hydrogens (tertiary/aromatic N) is 3. The summed E-state index contributed by atoms with van der Waals surface area (Å²) in [4.78, 5) is 13.0. The maximum absolute atomic E-state index is 13.0. The smallest absolute Gasteiger partial charge is 0.274 e. The van der Waals surface area contributed by atoms with E-state index in [1.807, 2.05) is 29.8 Å². The van der Waals surface area contributed by atoms with E-state index >= 15 is 0 Å². The molecule has 1 saturated carbocycles. The molecule has 0 bridgehead atoms. The van der Waals surface area contributed by atoms with Crippen LogP contribution in [-0.4, -0.2) is 34.0 Å². The molecule has 2 heterocycles. The molecular weight excluding hydrogens is 326 g/mol. The molecule has 6 nitrogen and oxygen atoms in total. The second-order valence-corrected chi connectivity index (χ2v) is 7.50. The molecule has 1 unspecified atom stereocenters. The number of amides is 1. The van der Waals surface area contributed by atoms with Crippen molar-refractivity contribution >= 4 is 5.91 Å². The molecule has 2 aliphatic rings. The SMILES string of the molecule is Cc1c(C(=O)NC(c2ccccc2)C2CCC2)nnn1C1CCNCC1. The molecule has 1 aromatic carbocycles. The summed E-state index contributed by atoms with van der Waals surface area (Å²) in [5, 5.41) is 15.1. The summed E-state index contributed by atoms with van der Waals surface area (Å²) in [6.45, 7) is 3.93. The van der Waals surface area contributed by atoms with Gasteiger partial charge in [0.25, 0.3) is 5.91 Å². The molecule has 0 radical (unpaired) electrons. The number of aromatic nitrogens is 3. The van der Waals surface area contributed by atoms with Gasteiger partial charge in [-0.25, -0.2) is 4.68 Å². The number of hydrogen-bond donors (Lipinski definition) is 2. The topological polar surface area (TPSA) is 71.8 Å². The normalized spacial score (nSPS) is 19.7. The van der Waals surface area contributed by atoms with Crippen LogP contribution in [0.2, 0.25) is 0 Å². The van der Waals surface area contributed by atoms with E-state index in [4.69, 9.17) is 0 Å². The van der Waals surface area contributed by atoms with Crippen LogP contribution in [0.15, 0.2) is 30.3 Å². The first-order valence-corrected chi connectivity index (χ1v) is 9.72. The van der Waals surface area contributed by atoms with E-state index in [9.17, 15) is 4.79 Å². The van der Waals surface area contributed by atoms with Crippen molar-refractivity contribution in [2.24, 2.45) is 5.92 Å². The average molecular weight is 353 g/mol. The van der Waals surface area contributed by atoms with Gasteiger partial charge in [0, 0.05) is 0 Å². The third-order valence-electron chi connectivity index (χ3n) is 5.86. The molecule has 1 aliphatic carbocycles. The van der Waals surface area contributed by atoms with Crippen LogP contribution in [0.4, 0.5) is 0 Å². The first kappa shape index (κ1) is 17.2. The molecule has 138 valence electrons. The highest BCUT2D eigenvalue weighted by Crippen LogP contribution is 2.37. The monoisotopic (exact) mass is 353 g/mol. The van der Waals surface area contributed by atoms with Gasteiger partial charge >= 0.3 is 0 Å². The summed E-state index contributed by atoms with van der Waals surface area (Å²) in [5.74, 6) is 0.407. The van der Waals surface area contributed by atoms with Crippen molar-refractivity contribution < 1.29 is 4.79 Å². The molecule has 1 aromatic heterocycles. The lowest BCUT2D eigenvalue weighted by molar-refractivity contribution is 0.0894. The molecule has 1 aliphatic heterocycles. The van der Waals surface area contributed by atoms with Gasteiger partial charge in [0.05, 0.1) is 17.8 Å². The van der Waals surface area contributed by atoms with Crippen molar-refractivity contribution in [2.45, 2.75) is 51.1 Å². The summed E-state index contributed by atoms with van der Waals surface area (Å²) in [7, 11) is 0. The highest BCUT2D eigenvalue weighted by atomic mass is 16.2. The van der Waals surface area contributed by atoms with Gasteiger partial charge in [0.2, 0.25) is 0 Å². The van der Waals surface area contributed by atoms with Crippen LogP contribution in [0.3, 0.4) is 0 Å². The largest absolute Gasteiger partial charge is 0.343 e. The summed E-state index contributed by atoms with van der Waals surface area (Å²) in [6, 6.07) is 10.7. The Labute approximate surface area is 154 Å². The van der Waals surface area contributed by atoms with Crippen molar-refractivity contribution in [1.29, 1.82) is 0 Å². The Morgan fingerprint density at radius 1 is 1.19 bits per heavy atom. The number of carbonyl (C=O) groups excluding carboxylic acids is 1. The highest BCUT2D eigenvalue weighted by molar-refractivity contribution is 5.93. The zero-order valence-electron chi connectivity index (χ0n) is 15.3. The van der Waals surface area contributed by atoms with Crippen molar-refractivity contribution in [3.8, 4) is 0 Å². The predicted octanol–water partition coefficient (Wildman–Crippen LogP) is 2.78. The van der Waals surface area contributed by atoms with E-state index in [0.29, 0.717) is 17.7 Å². The fourth-order valence-corrected chi connectivity index (χ4v) is 4.07. The van der Waals surface area contributed by atoms with E-state index in [-0.39, 0.29) is 11.9 Å². The van der Waals surface area contributed by atoms with Crippen LogP contribution in [0.1, 0.15) is 65.9 Å². The lowest BCUT2D eigenvalue weighted by Crippen LogP contribution is -2.36. The molecule has 2 N–H and O–H groups in total. The van der Waals surface area contributed by atoms with Gasteiger partial charge in [-0.3, -0.25) is 4.79 Å². The van der Waals surface area contributed by atoms with Crippen LogP contribution < -0.4 is 10.6 Å². The minimum absolute atomic E-state index is 0.0564. The quantitative estimate of drug-likeness (QED) is 0.867. The number of carbonyl (C=O) groups is 1. The second-order valence-electron chi connectivity index (χ2n) is 7.50. The number of piperidine rings is 1. The summed E-state index contributed by atoms with van der Waals surface area (Å²) >= 11 is 0. The molecular formula is C20H27N5O. The fourth-order valence-electron chi connectivity index (χ4n) is 4.07. The molecule has 6 heteroatoms. The zero-order valence-corrected chi connectivity index (χ0v) is 15.3. The van der Waals surface area contributed by atoms with Gasteiger partial charge in [0.15, 0.2) is 5.69 Å². The average Bonchev–Trinajstić information content (AvgIpc) is 3.02. The van der Waals surface area contributed by atoms with Crippen molar-refractivity contribution in [2.75, 3.05) is 13.1 Å². The van der Waals surface area contributed by atoms with Crippen molar-refractivity contribution in [3.63, 3.8) is 0 Å². The van der Waals surface area contributed by atoms with E-state index < -0.39 is 0 Å². The number of benzene rings is 1. The summed E-state index contributed by atoms with van der Waals surface area (Å²) in [5.41, 5.74) is 2.51. The summed E-state index contributed by atoms with van der Waals surface area (Å²) < 4.78 is 1.94. The van der Waals surface area contributed by atoms with Crippen LogP contribution in [-0.2, 0) is 0 Å². The van der Waals surface area contributed by atoms with Crippen LogP contribution in [0.25, 0.3) is 0 Å². The Morgan fingerprint density at radius 2 is 1.92 bits per heavy atom. The van der Waals surface area contributed by atoms with Gasteiger partial charge in [-0.1, -0.05) is 42.0 Å². The lowest BCUT2D eigenvalue weighted by Gasteiger charge is -2.34. The minimum atomic E-state index is -0.108. The molecule has 1 atom stereocenters. The van der Waals surface area contributed by atoms with Crippen LogP contribution >= 0.6 is 0 Å². The Balaban J connectivity index is 1.52. The zero-order chi connectivity index (χ0) is 17.9. The number of nitrogens with one attached hydrogen (secondary N) is 2. The Kier molecular flexibility index (Phi) is 5.02. The van der Waals surface area contributed by atoms with Crippen LogP contribution in [0, 0.1) is 12.8 Å². The van der Waals surface area contributed by atoms with E-state index in [1.54, 1.807) is 0 Å². The molecule has 0 spiro atoms. The maximum atomic E-state index is 13.0. The van der Waals surface area contributed by atoms with Gasteiger partial charge in [-0.05, 0) is 57.2 Å². The van der Waals surface area contributed by atoms with Crippen molar-refractivity contribution in [3.05, 3.63) is 47.3 Å². The highest BCUT2D eigenvalue weighted by Gasteiger charge is 2.31. The molecule has 1 saturated heterocycles. The lowest BCUT2D eigenvalue weighted by atomic mass is 9.77. The third-order valence-corrected chi connectivity index (χ3v) is 5.86. The van der Waals surface area contributed by atoms with E-state index in [0.717, 1.165) is 31.6 Å². The first-order valence-electron chi connectivity index (χ1n) is 9.72.